The van der Waals surface area contributed by atoms with Crippen LogP contribution in [-0.2, 0) is 23.9 Å². The predicted octanol–water partition coefficient (Wildman–Crippen LogP) is 2.19. The molecule has 0 heterocycles. The Morgan fingerprint density at radius 3 is 2.19 bits per heavy atom. The topological polar surface area (TPSA) is 69.7 Å². The van der Waals surface area contributed by atoms with E-state index in [0.29, 0.717) is 19.3 Å². The van der Waals surface area contributed by atoms with Crippen molar-refractivity contribution in [1.82, 2.24) is 0 Å². The quantitative estimate of drug-likeness (QED) is 0.574. The predicted molar refractivity (Wildman–Crippen MR) is 75.4 cm³/mol. The van der Waals surface area contributed by atoms with E-state index in [-0.39, 0.29) is 31.3 Å². The molecule has 2 rings (SSSR count). The van der Waals surface area contributed by atoms with E-state index in [2.05, 4.69) is 0 Å². The van der Waals surface area contributed by atoms with Crippen LogP contribution in [-0.4, -0.2) is 30.9 Å². The van der Waals surface area contributed by atoms with Crippen molar-refractivity contribution in [1.29, 1.82) is 0 Å². The zero-order valence-electron chi connectivity index (χ0n) is 12.9. The number of rotatable bonds is 5. The molecule has 0 bridgehead atoms. The van der Waals surface area contributed by atoms with Crippen molar-refractivity contribution in [3.05, 3.63) is 11.1 Å². The van der Waals surface area contributed by atoms with Crippen LogP contribution in [0.15, 0.2) is 11.1 Å². The molecule has 1 fully saturated rings. The number of ketones is 1. The number of esters is 2. The van der Waals surface area contributed by atoms with E-state index in [9.17, 15) is 14.4 Å². The minimum Gasteiger partial charge on any atom is -0.465 e. The third-order valence-corrected chi connectivity index (χ3v) is 4.42. The second-order valence-corrected chi connectivity index (χ2v) is 5.59. The number of carbonyl (C=O) groups excluding carboxylic acids is 3. The average Bonchev–Trinajstić information content (AvgIpc) is 2.93. The third-order valence-electron chi connectivity index (χ3n) is 4.42. The molecule has 5 heteroatoms. The summed E-state index contributed by atoms with van der Waals surface area (Å²) in [6, 6.07) is 0. The van der Waals surface area contributed by atoms with E-state index in [1.807, 2.05) is 6.92 Å². The van der Waals surface area contributed by atoms with Crippen LogP contribution >= 0.6 is 0 Å². The first kappa shape index (κ1) is 15.7. The molecule has 0 amide bonds. The summed E-state index contributed by atoms with van der Waals surface area (Å²) in [5.74, 6) is -0.901. The lowest BCUT2D eigenvalue weighted by molar-refractivity contribution is -0.171. The van der Waals surface area contributed by atoms with Gasteiger partial charge in [0.1, 0.15) is 0 Å². The van der Waals surface area contributed by atoms with Gasteiger partial charge in [0.25, 0.3) is 0 Å². The van der Waals surface area contributed by atoms with E-state index >= 15 is 0 Å². The van der Waals surface area contributed by atoms with E-state index in [1.54, 1.807) is 13.8 Å². The van der Waals surface area contributed by atoms with Crippen molar-refractivity contribution in [2.45, 2.75) is 46.5 Å². The fourth-order valence-electron chi connectivity index (χ4n) is 3.52. The van der Waals surface area contributed by atoms with Crippen LogP contribution in [0.3, 0.4) is 0 Å². The number of hydrogen-bond acceptors (Lipinski definition) is 5. The Morgan fingerprint density at radius 2 is 1.71 bits per heavy atom. The van der Waals surface area contributed by atoms with Crippen LogP contribution in [0, 0.1) is 11.3 Å². The van der Waals surface area contributed by atoms with E-state index in [0.717, 1.165) is 11.1 Å². The summed E-state index contributed by atoms with van der Waals surface area (Å²) in [5, 5.41) is 0. The molecule has 1 atom stereocenters. The van der Waals surface area contributed by atoms with Crippen LogP contribution in [0.1, 0.15) is 46.5 Å². The van der Waals surface area contributed by atoms with Gasteiger partial charge < -0.3 is 9.47 Å². The molecule has 0 aliphatic heterocycles. The van der Waals surface area contributed by atoms with Crippen LogP contribution in [0.2, 0.25) is 0 Å². The molecular formula is C16H22O5. The normalized spacial score (nSPS) is 23.2. The first-order valence-corrected chi connectivity index (χ1v) is 7.59. The number of ether oxygens (including phenoxy) is 2. The number of allylic oxidation sites excluding steroid dienone is 2. The van der Waals surface area contributed by atoms with Gasteiger partial charge in [0, 0.05) is 6.42 Å². The van der Waals surface area contributed by atoms with E-state index < -0.39 is 17.4 Å². The summed E-state index contributed by atoms with van der Waals surface area (Å²) in [6.07, 6.45) is 1.64. The average molecular weight is 294 g/mol. The molecule has 0 N–H and O–H groups in total. The summed E-state index contributed by atoms with van der Waals surface area (Å²) >= 11 is 0. The molecule has 0 aromatic heterocycles. The van der Waals surface area contributed by atoms with Crippen molar-refractivity contribution >= 4 is 17.7 Å². The number of hydrogen-bond donors (Lipinski definition) is 0. The number of fused-ring (bicyclic) bond motifs is 1. The maximum Gasteiger partial charge on any atom is 0.323 e. The highest BCUT2D eigenvalue weighted by molar-refractivity contribution is 6.04. The monoisotopic (exact) mass is 294 g/mol. The minimum absolute atomic E-state index is 0.0127. The van der Waals surface area contributed by atoms with Gasteiger partial charge in [0.2, 0.25) is 0 Å². The van der Waals surface area contributed by atoms with Crippen LogP contribution in [0.5, 0.6) is 0 Å². The number of Topliss-reactive ketones (excluding diaryl/α,β-unsaturated/α-hetero) is 1. The maximum absolute atomic E-state index is 12.4. The Labute approximate surface area is 124 Å². The molecule has 1 saturated carbocycles. The fraction of sp³-hybridized carbons (Fsp3) is 0.688. The van der Waals surface area contributed by atoms with Gasteiger partial charge in [-0.15, -0.1) is 0 Å². The third kappa shape index (κ3) is 2.49. The Balaban J connectivity index is 2.37. The summed E-state index contributed by atoms with van der Waals surface area (Å²) in [7, 11) is 0. The zero-order valence-corrected chi connectivity index (χ0v) is 12.9. The van der Waals surface area contributed by atoms with Gasteiger partial charge in [-0.25, -0.2) is 0 Å². The Hall–Kier alpha value is -1.65. The summed E-state index contributed by atoms with van der Waals surface area (Å²) in [5.41, 5.74) is 0.492. The van der Waals surface area contributed by atoms with Crippen molar-refractivity contribution in [3.63, 3.8) is 0 Å². The molecule has 2 aliphatic carbocycles. The lowest BCUT2D eigenvalue weighted by Gasteiger charge is -2.24. The molecule has 5 nitrogen and oxygen atoms in total. The molecule has 0 spiro atoms. The summed E-state index contributed by atoms with van der Waals surface area (Å²) in [4.78, 5) is 36.7. The van der Waals surface area contributed by atoms with Gasteiger partial charge in [-0.05, 0) is 44.6 Å². The highest BCUT2D eigenvalue weighted by Crippen LogP contribution is 2.53. The van der Waals surface area contributed by atoms with Gasteiger partial charge in [0.15, 0.2) is 11.2 Å². The SMILES string of the molecule is CCOC(=O)C1(C(=O)OCC)CC2=C(CC)C(=O)C[C@@H]2C1. The van der Waals surface area contributed by atoms with Crippen molar-refractivity contribution in [2.24, 2.45) is 11.3 Å². The Bertz CT molecular complexity index is 485. The van der Waals surface area contributed by atoms with Gasteiger partial charge in [-0.1, -0.05) is 12.5 Å². The standard InChI is InChI=1S/C16H22O5/c1-4-11-12-9-16(14(18)20-5-2,15(19)21-6-3)8-10(12)7-13(11)17/h10H,4-9H2,1-3H3/t10-/m1/s1. The second-order valence-electron chi connectivity index (χ2n) is 5.59. The Kier molecular flexibility index (Phi) is 4.49. The highest BCUT2D eigenvalue weighted by atomic mass is 16.6. The molecule has 0 saturated heterocycles. The molecule has 116 valence electrons. The van der Waals surface area contributed by atoms with Crippen molar-refractivity contribution < 1.29 is 23.9 Å². The van der Waals surface area contributed by atoms with Crippen molar-refractivity contribution in [3.8, 4) is 0 Å². The van der Waals surface area contributed by atoms with Gasteiger partial charge in [0.05, 0.1) is 13.2 Å². The smallest absolute Gasteiger partial charge is 0.323 e. The van der Waals surface area contributed by atoms with Gasteiger partial charge in [-0.2, -0.15) is 0 Å². The zero-order chi connectivity index (χ0) is 15.6. The molecule has 2 aliphatic rings. The minimum atomic E-state index is -1.26. The molecule has 0 radical (unpaired) electrons. The van der Waals surface area contributed by atoms with Crippen LogP contribution in [0.4, 0.5) is 0 Å². The lowest BCUT2D eigenvalue weighted by atomic mass is 9.83. The van der Waals surface area contributed by atoms with E-state index in [1.165, 1.54) is 0 Å². The lowest BCUT2D eigenvalue weighted by Crippen LogP contribution is -2.40. The molecular weight excluding hydrogens is 272 g/mol. The Morgan fingerprint density at radius 1 is 1.14 bits per heavy atom. The summed E-state index contributed by atoms with van der Waals surface area (Å²) in [6.45, 7) is 5.81. The highest BCUT2D eigenvalue weighted by Gasteiger charge is 2.58. The van der Waals surface area contributed by atoms with Crippen LogP contribution in [0.25, 0.3) is 0 Å². The molecule has 0 aromatic rings. The van der Waals surface area contributed by atoms with Crippen LogP contribution < -0.4 is 0 Å². The second kappa shape index (κ2) is 6.00. The van der Waals surface area contributed by atoms with E-state index in [4.69, 9.17) is 9.47 Å². The van der Waals surface area contributed by atoms with Gasteiger partial charge in [-0.3, -0.25) is 14.4 Å². The molecule has 0 aromatic carbocycles. The first-order valence-electron chi connectivity index (χ1n) is 7.59. The van der Waals surface area contributed by atoms with Gasteiger partial charge >= 0.3 is 11.9 Å². The first-order chi connectivity index (χ1) is 10.00. The largest absolute Gasteiger partial charge is 0.465 e. The fourth-order valence-corrected chi connectivity index (χ4v) is 3.52. The molecule has 0 unspecified atom stereocenters. The molecule has 21 heavy (non-hydrogen) atoms. The summed E-state index contributed by atoms with van der Waals surface area (Å²) < 4.78 is 10.2. The van der Waals surface area contributed by atoms with Crippen molar-refractivity contribution in [2.75, 3.05) is 13.2 Å². The maximum atomic E-state index is 12.4. The number of carbonyl (C=O) groups is 3.